The zero-order valence-corrected chi connectivity index (χ0v) is 21.6. The smallest absolute Gasteiger partial charge is 0.355 e. The van der Waals surface area contributed by atoms with Crippen molar-refractivity contribution in [2.75, 3.05) is 21.3 Å². The Bertz CT molecular complexity index is 467. The van der Waals surface area contributed by atoms with Gasteiger partial charge >= 0.3 is 27.9 Å². The molecule has 0 saturated heterocycles. The van der Waals surface area contributed by atoms with Crippen molar-refractivity contribution in [3.05, 3.63) is 18.2 Å². The van der Waals surface area contributed by atoms with Crippen LogP contribution in [0.25, 0.3) is 0 Å². The summed E-state index contributed by atoms with van der Waals surface area (Å²) in [7, 11) is -1.000. The van der Waals surface area contributed by atoms with Gasteiger partial charge in [-0.25, -0.2) is 0 Å². The summed E-state index contributed by atoms with van der Waals surface area (Å²) in [6.45, 7) is 12.1. The van der Waals surface area contributed by atoms with Crippen molar-refractivity contribution < 1.29 is 26.6 Å². The van der Waals surface area contributed by atoms with E-state index >= 15 is 0 Å². The number of rotatable bonds is 12. The molecule has 3 atom stereocenters. The molecule has 156 valence electrons. The highest BCUT2D eigenvalue weighted by Gasteiger charge is 2.27. The third kappa shape index (κ3) is 8.26. The minimum absolute atomic E-state index is 0.0958. The summed E-state index contributed by atoms with van der Waals surface area (Å²) in [4.78, 5) is 0. The van der Waals surface area contributed by atoms with Crippen LogP contribution in [0.2, 0.25) is 0 Å². The summed E-state index contributed by atoms with van der Waals surface area (Å²) >= 11 is 0. The predicted octanol–water partition coefficient (Wildman–Crippen LogP) is 0.183. The van der Waals surface area contributed by atoms with E-state index in [0.717, 1.165) is 15.6 Å². The van der Waals surface area contributed by atoms with Crippen LogP contribution in [-0.2, 0) is 26.6 Å². The third-order valence-corrected chi connectivity index (χ3v) is 9.94. The van der Waals surface area contributed by atoms with Crippen molar-refractivity contribution in [2.24, 2.45) is 0 Å². The molecule has 1 aromatic carbocycles. The molecule has 3 unspecified atom stereocenters. The van der Waals surface area contributed by atoms with Gasteiger partial charge in [-0.2, -0.15) is 0 Å². The number of hydrogen-bond donors (Lipinski definition) is 0. The van der Waals surface area contributed by atoms with Gasteiger partial charge in [0.1, 0.15) is 0 Å². The van der Waals surface area contributed by atoms with Crippen LogP contribution >= 0.6 is 0 Å². The molecule has 0 radical (unpaired) electrons. The maximum Gasteiger partial charge on any atom is 0.355 e. The largest absolute Gasteiger partial charge is 0.397 e. The van der Waals surface area contributed by atoms with Gasteiger partial charge in [0.2, 0.25) is 0 Å². The van der Waals surface area contributed by atoms with Crippen molar-refractivity contribution in [3.63, 3.8) is 0 Å². The van der Waals surface area contributed by atoms with Crippen LogP contribution in [0.3, 0.4) is 0 Å². The fourth-order valence-corrected chi connectivity index (χ4v) is 8.32. The van der Waals surface area contributed by atoms with E-state index in [1.807, 2.05) is 41.5 Å². The van der Waals surface area contributed by atoms with Gasteiger partial charge in [-0.05, 0) is 57.1 Å². The molecule has 0 aliphatic carbocycles. The topological polar surface area (TPSA) is 55.4 Å². The second-order valence-electron chi connectivity index (χ2n) is 7.19. The highest BCUT2D eigenvalue weighted by atomic mass is 28.3. The Morgan fingerprint density at radius 1 is 0.519 bits per heavy atom. The van der Waals surface area contributed by atoms with Gasteiger partial charge < -0.3 is 26.6 Å². The van der Waals surface area contributed by atoms with E-state index in [2.05, 4.69) is 18.2 Å². The Labute approximate surface area is 169 Å². The summed E-state index contributed by atoms with van der Waals surface area (Å²) < 4.78 is 35.4. The summed E-state index contributed by atoms with van der Waals surface area (Å²) in [5, 5.41) is 3.17. The van der Waals surface area contributed by atoms with Gasteiger partial charge in [0.15, 0.2) is 0 Å². The van der Waals surface area contributed by atoms with Gasteiger partial charge in [-0.1, -0.05) is 18.2 Å². The quantitative estimate of drug-likeness (QED) is 0.439. The van der Waals surface area contributed by atoms with Gasteiger partial charge in [0.25, 0.3) is 0 Å². The Hall–Kier alpha value is -0.369. The summed E-state index contributed by atoms with van der Waals surface area (Å²) in [5.74, 6) is 0. The first-order valence-electron chi connectivity index (χ1n) is 9.41. The van der Waals surface area contributed by atoms with Crippen molar-refractivity contribution in [2.45, 2.75) is 59.9 Å². The van der Waals surface area contributed by atoms with Gasteiger partial charge in [0.05, 0.1) is 0 Å². The monoisotopic (exact) mass is 432 g/mol. The Morgan fingerprint density at radius 2 is 0.741 bits per heavy atom. The van der Waals surface area contributed by atoms with Crippen molar-refractivity contribution in [1.29, 1.82) is 0 Å². The second-order valence-corrected chi connectivity index (χ2v) is 13.4. The first-order chi connectivity index (χ1) is 12.7. The lowest BCUT2D eigenvalue weighted by Crippen LogP contribution is -2.50. The molecule has 0 aliphatic heterocycles. The molecule has 0 spiro atoms. The summed E-state index contributed by atoms with van der Waals surface area (Å²) in [6.07, 6.45) is 0.287. The van der Waals surface area contributed by atoms with Crippen molar-refractivity contribution in [3.8, 4) is 0 Å². The highest BCUT2D eigenvalue weighted by molar-refractivity contribution is 6.68. The number of hydrogen-bond acceptors (Lipinski definition) is 6. The lowest BCUT2D eigenvalue weighted by atomic mass is 10.3. The lowest BCUT2D eigenvalue weighted by Gasteiger charge is -2.24. The number of benzene rings is 1. The van der Waals surface area contributed by atoms with Crippen LogP contribution in [0.5, 0.6) is 0 Å². The third-order valence-electron chi connectivity index (χ3n) is 3.65. The van der Waals surface area contributed by atoms with Crippen LogP contribution in [0.15, 0.2) is 18.2 Å². The van der Waals surface area contributed by atoms with E-state index in [4.69, 9.17) is 26.6 Å². The van der Waals surface area contributed by atoms with Crippen molar-refractivity contribution in [1.82, 2.24) is 0 Å². The molecular formula is C18H36O6Si3. The van der Waals surface area contributed by atoms with Crippen LogP contribution < -0.4 is 15.6 Å². The average Bonchev–Trinajstić information content (AvgIpc) is 2.61. The molecule has 0 amide bonds. The molecule has 27 heavy (non-hydrogen) atoms. The predicted molar refractivity (Wildman–Crippen MR) is 116 cm³/mol. The van der Waals surface area contributed by atoms with E-state index in [1.165, 1.54) is 0 Å². The maximum atomic E-state index is 6.07. The van der Waals surface area contributed by atoms with Gasteiger partial charge in [-0.15, -0.1) is 0 Å². The molecule has 0 bridgehead atoms. The standard InChI is InChI=1S/C18H36O6Si3/c1-13(2)22-25(19-7)16-10-17(26(20-8)23-14(3)4)12-18(11-16)27(21-9)24-15(5)6/h10-15,25-27H,1-9H3. The Balaban J connectivity index is 3.39. The molecule has 0 heterocycles. The molecule has 6 nitrogen and oxygen atoms in total. The average molecular weight is 433 g/mol. The van der Waals surface area contributed by atoms with Crippen LogP contribution in [0, 0.1) is 0 Å². The lowest BCUT2D eigenvalue weighted by molar-refractivity contribution is 0.188. The first kappa shape index (κ1) is 24.7. The molecule has 1 rings (SSSR count). The molecule has 9 heteroatoms. The van der Waals surface area contributed by atoms with E-state index in [-0.39, 0.29) is 18.3 Å². The summed E-state index contributed by atoms with van der Waals surface area (Å²) in [5.41, 5.74) is 0. The highest BCUT2D eigenvalue weighted by Crippen LogP contribution is 2.02. The van der Waals surface area contributed by atoms with E-state index < -0.39 is 27.9 Å². The maximum absolute atomic E-state index is 6.07. The van der Waals surface area contributed by atoms with Crippen LogP contribution in [-0.4, -0.2) is 67.5 Å². The normalized spacial score (nSPS) is 15.6. The van der Waals surface area contributed by atoms with Crippen LogP contribution in [0.4, 0.5) is 0 Å². The molecule has 0 aliphatic rings. The molecule has 0 aromatic heterocycles. The fourth-order valence-electron chi connectivity index (χ4n) is 2.66. The minimum atomic E-state index is -2.04. The molecular weight excluding hydrogens is 396 g/mol. The Kier molecular flexibility index (Phi) is 11.2. The molecule has 1 aromatic rings. The second kappa shape index (κ2) is 12.2. The zero-order valence-electron chi connectivity index (χ0n) is 18.1. The first-order valence-corrected chi connectivity index (χ1v) is 14.0. The van der Waals surface area contributed by atoms with E-state index in [1.54, 1.807) is 21.3 Å². The summed E-state index contributed by atoms with van der Waals surface area (Å²) in [6, 6.07) is 6.35. The van der Waals surface area contributed by atoms with E-state index in [0.29, 0.717) is 0 Å². The molecule has 0 N–H and O–H groups in total. The minimum Gasteiger partial charge on any atom is -0.397 e. The zero-order chi connectivity index (χ0) is 20.6. The molecule has 0 saturated carbocycles. The van der Waals surface area contributed by atoms with Crippen LogP contribution in [0.1, 0.15) is 41.5 Å². The van der Waals surface area contributed by atoms with Gasteiger partial charge in [-0.3, -0.25) is 0 Å². The molecule has 0 fully saturated rings. The fraction of sp³-hybridized carbons (Fsp3) is 0.667. The SMILES string of the molecule is CO[SiH](OC(C)C)c1cc([SiH](OC)OC(C)C)cc([SiH](OC)OC(C)C)c1. The van der Waals surface area contributed by atoms with E-state index in [9.17, 15) is 0 Å². The van der Waals surface area contributed by atoms with Gasteiger partial charge in [0, 0.05) is 39.6 Å². The van der Waals surface area contributed by atoms with Crippen molar-refractivity contribution >= 4 is 43.4 Å². The Morgan fingerprint density at radius 3 is 0.889 bits per heavy atom.